The van der Waals surface area contributed by atoms with Crippen molar-refractivity contribution in [2.45, 2.75) is 39.4 Å². The number of benzene rings is 1. The molecular weight excluding hydrogens is 352 g/mol. The van der Waals surface area contributed by atoms with Crippen LogP contribution in [-0.4, -0.2) is 44.6 Å². The molecule has 1 amide bonds. The lowest BCUT2D eigenvalue weighted by atomic mass is 9.94. The summed E-state index contributed by atoms with van der Waals surface area (Å²) in [4.78, 5) is 37.3. The van der Waals surface area contributed by atoms with Gasteiger partial charge in [0.2, 0.25) is 5.91 Å². The fraction of sp³-hybridized carbons (Fsp3) is 0.389. The summed E-state index contributed by atoms with van der Waals surface area (Å²) in [5, 5.41) is 15.3. The molecule has 9 nitrogen and oxygen atoms in total. The van der Waals surface area contributed by atoms with E-state index in [1.807, 2.05) is 24.3 Å². The molecule has 0 fully saturated rings. The number of esters is 1. The lowest BCUT2D eigenvalue weighted by Gasteiger charge is -2.35. The average Bonchev–Trinajstić information content (AvgIpc) is 2.93. The number of methoxy groups -OCH3 is 1. The van der Waals surface area contributed by atoms with Gasteiger partial charge in [0.05, 0.1) is 12.0 Å². The van der Waals surface area contributed by atoms with Crippen LogP contribution in [0.1, 0.15) is 22.5 Å². The Morgan fingerprint density at radius 2 is 1.96 bits per heavy atom. The Kier molecular flexibility index (Phi) is 4.93. The second-order valence-electron chi connectivity index (χ2n) is 6.47. The average molecular weight is 372 g/mol. The first-order chi connectivity index (χ1) is 12.8. The Labute approximate surface area is 155 Å². The number of carbonyl (C=O) groups excluding carboxylic acids is 2. The normalized spacial score (nSPS) is 16.0. The van der Waals surface area contributed by atoms with E-state index in [1.54, 1.807) is 6.92 Å². The van der Waals surface area contributed by atoms with Gasteiger partial charge < -0.3 is 9.64 Å². The first kappa shape index (κ1) is 18.6. The molecule has 1 aliphatic rings. The minimum Gasteiger partial charge on any atom is -0.467 e. The standard InChI is InChI=1S/C18H20N4O5/c1-11-17(22(25)26)12(2)21(19-11)10-16(23)20-9-14-7-5-4-6-13(14)8-15(20)18(24)27-3/h4-7,15H,8-10H2,1-3H3/t15-/m0/s1. The van der Waals surface area contributed by atoms with Gasteiger partial charge in [0, 0.05) is 13.0 Å². The van der Waals surface area contributed by atoms with Crippen LogP contribution < -0.4 is 0 Å². The van der Waals surface area contributed by atoms with Gasteiger partial charge in [-0.1, -0.05) is 24.3 Å². The maximum absolute atomic E-state index is 12.9. The minimum atomic E-state index is -0.732. The third-order valence-corrected chi connectivity index (χ3v) is 4.85. The van der Waals surface area contributed by atoms with Gasteiger partial charge in [-0.25, -0.2) is 4.79 Å². The van der Waals surface area contributed by atoms with Crippen LogP contribution >= 0.6 is 0 Å². The number of ether oxygens (including phenoxy) is 1. The molecule has 0 radical (unpaired) electrons. The van der Waals surface area contributed by atoms with Crippen LogP contribution in [-0.2, 0) is 33.8 Å². The summed E-state index contributed by atoms with van der Waals surface area (Å²) in [5.41, 5.74) is 2.41. The van der Waals surface area contributed by atoms with Crippen molar-refractivity contribution in [1.82, 2.24) is 14.7 Å². The second-order valence-corrected chi connectivity index (χ2v) is 6.47. The van der Waals surface area contributed by atoms with Gasteiger partial charge in [-0.15, -0.1) is 0 Å². The van der Waals surface area contributed by atoms with E-state index in [1.165, 1.54) is 23.6 Å². The highest BCUT2D eigenvalue weighted by Crippen LogP contribution is 2.26. The molecule has 0 bridgehead atoms. The van der Waals surface area contributed by atoms with Crippen molar-refractivity contribution in [2.24, 2.45) is 0 Å². The van der Waals surface area contributed by atoms with Gasteiger partial charge in [0.15, 0.2) is 0 Å². The van der Waals surface area contributed by atoms with E-state index >= 15 is 0 Å². The van der Waals surface area contributed by atoms with E-state index < -0.39 is 16.9 Å². The van der Waals surface area contributed by atoms with Crippen molar-refractivity contribution in [3.8, 4) is 0 Å². The Morgan fingerprint density at radius 1 is 1.30 bits per heavy atom. The summed E-state index contributed by atoms with van der Waals surface area (Å²) in [6.07, 6.45) is 0.367. The predicted octanol–water partition coefficient (Wildman–Crippen LogP) is 1.53. The number of aromatic nitrogens is 2. The summed E-state index contributed by atoms with van der Waals surface area (Å²) in [7, 11) is 1.29. The number of amides is 1. The molecule has 1 atom stereocenters. The van der Waals surface area contributed by atoms with Crippen LogP contribution in [0.2, 0.25) is 0 Å². The van der Waals surface area contributed by atoms with Gasteiger partial charge in [-0.3, -0.25) is 19.6 Å². The SMILES string of the molecule is COC(=O)[C@@H]1Cc2ccccc2CN1C(=O)Cn1nc(C)c([N+](=O)[O-])c1C. The molecule has 27 heavy (non-hydrogen) atoms. The second kappa shape index (κ2) is 7.18. The smallest absolute Gasteiger partial charge is 0.328 e. The Hall–Kier alpha value is -3.23. The predicted molar refractivity (Wildman–Crippen MR) is 94.9 cm³/mol. The molecular formula is C18H20N4O5. The number of hydrogen-bond donors (Lipinski definition) is 0. The van der Waals surface area contributed by atoms with Gasteiger partial charge in [0.1, 0.15) is 24.0 Å². The summed E-state index contributed by atoms with van der Waals surface area (Å²) in [5.74, 6) is -0.836. The highest BCUT2D eigenvalue weighted by molar-refractivity contribution is 5.85. The fourth-order valence-electron chi connectivity index (χ4n) is 3.46. The summed E-state index contributed by atoms with van der Waals surface area (Å²) in [6, 6.07) is 6.88. The molecule has 0 saturated heterocycles. The highest BCUT2D eigenvalue weighted by Gasteiger charge is 2.36. The number of hydrogen-bond acceptors (Lipinski definition) is 6. The van der Waals surface area contributed by atoms with Crippen molar-refractivity contribution in [1.29, 1.82) is 0 Å². The Morgan fingerprint density at radius 3 is 2.56 bits per heavy atom. The minimum absolute atomic E-state index is 0.101. The first-order valence-electron chi connectivity index (χ1n) is 8.46. The Balaban J connectivity index is 1.89. The highest BCUT2D eigenvalue weighted by atomic mass is 16.6. The van der Waals surface area contributed by atoms with Crippen LogP contribution in [0, 0.1) is 24.0 Å². The van der Waals surface area contributed by atoms with Crippen LogP contribution in [0.5, 0.6) is 0 Å². The van der Waals surface area contributed by atoms with E-state index in [0.717, 1.165) is 11.1 Å². The molecule has 0 aliphatic carbocycles. The molecule has 2 aromatic rings. The van der Waals surface area contributed by atoms with Crippen molar-refractivity contribution < 1.29 is 19.2 Å². The number of fused-ring (bicyclic) bond motifs is 1. The van der Waals surface area contributed by atoms with Crippen molar-refractivity contribution >= 4 is 17.6 Å². The van der Waals surface area contributed by atoms with E-state index in [4.69, 9.17) is 4.74 Å². The zero-order chi connectivity index (χ0) is 19.7. The number of rotatable bonds is 4. The van der Waals surface area contributed by atoms with E-state index in [0.29, 0.717) is 12.1 Å². The molecule has 3 rings (SSSR count). The maximum Gasteiger partial charge on any atom is 0.328 e. The van der Waals surface area contributed by atoms with Crippen LogP contribution in [0.15, 0.2) is 24.3 Å². The summed E-state index contributed by atoms with van der Waals surface area (Å²) in [6.45, 7) is 3.17. The van der Waals surface area contributed by atoms with Crippen molar-refractivity contribution in [3.63, 3.8) is 0 Å². The van der Waals surface area contributed by atoms with Crippen LogP contribution in [0.3, 0.4) is 0 Å². The fourth-order valence-corrected chi connectivity index (χ4v) is 3.46. The molecule has 1 aromatic carbocycles. The third kappa shape index (κ3) is 3.40. The molecule has 2 heterocycles. The lowest BCUT2D eigenvalue weighted by molar-refractivity contribution is -0.386. The monoisotopic (exact) mass is 372 g/mol. The molecule has 1 aromatic heterocycles. The van der Waals surface area contributed by atoms with Gasteiger partial charge in [-0.05, 0) is 25.0 Å². The molecule has 9 heteroatoms. The largest absolute Gasteiger partial charge is 0.467 e. The lowest BCUT2D eigenvalue weighted by Crippen LogP contribution is -2.50. The van der Waals surface area contributed by atoms with E-state index in [2.05, 4.69) is 5.10 Å². The zero-order valence-corrected chi connectivity index (χ0v) is 15.3. The molecule has 0 spiro atoms. The van der Waals surface area contributed by atoms with Gasteiger partial charge >= 0.3 is 11.7 Å². The van der Waals surface area contributed by atoms with Crippen molar-refractivity contribution in [3.05, 3.63) is 56.9 Å². The van der Waals surface area contributed by atoms with E-state index in [9.17, 15) is 19.7 Å². The van der Waals surface area contributed by atoms with Gasteiger partial charge in [-0.2, -0.15) is 5.10 Å². The molecule has 0 saturated carbocycles. The summed E-state index contributed by atoms with van der Waals surface area (Å²) >= 11 is 0. The number of carbonyl (C=O) groups is 2. The number of nitro groups is 1. The topological polar surface area (TPSA) is 108 Å². The number of aryl methyl sites for hydroxylation is 1. The van der Waals surface area contributed by atoms with Gasteiger partial charge in [0.25, 0.3) is 0 Å². The zero-order valence-electron chi connectivity index (χ0n) is 15.3. The van der Waals surface area contributed by atoms with E-state index in [-0.39, 0.29) is 30.4 Å². The summed E-state index contributed by atoms with van der Waals surface area (Å²) < 4.78 is 6.18. The number of nitrogens with zero attached hydrogens (tertiary/aromatic N) is 4. The van der Waals surface area contributed by atoms with Crippen molar-refractivity contribution in [2.75, 3.05) is 7.11 Å². The third-order valence-electron chi connectivity index (χ3n) is 4.85. The molecule has 0 unspecified atom stereocenters. The molecule has 142 valence electrons. The molecule has 0 N–H and O–H groups in total. The van der Waals surface area contributed by atoms with Crippen LogP contribution in [0.4, 0.5) is 5.69 Å². The quantitative estimate of drug-likeness (QED) is 0.458. The molecule has 1 aliphatic heterocycles. The maximum atomic E-state index is 12.9. The Bertz CT molecular complexity index is 920. The van der Waals surface area contributed by atoms with Crippen LogP contribution in [0.25, 0.3) is 0 Å². The first-order valence-corrected chi connectivity index (χ1v) is 8.46.